The summed E-state index contributed by atoms with van der Waals surface area (Å²) in [6, 6.07) is 70.3. The van der Waals surface area contributed by atoms with Gasteiger partial charge >= 0.3 is 0 Å². The van der Waals surface area contributed by atoms with Gasteiger partial charge in [0.05, 0.1) is 16.7 Å². The molecular formula is C55H32N2O. The molecule has 0 aliphatic carbocycles. The average molecular weight is 737 g/mol. The molecule has 3 heterocycles. The summed E-state index contributed by atoms with van der Waals surface area (Å²) in [4.78, 5) is 5.40. The van der Waals surface area contributed by atoms with Crippen LogP contribution >= 0.6 is 0 Å². The van der Waals surface area contributed by atoms with E-state index in [1.807, 2.05) is 6.07 Å². The van der Waals surface area contributed by atoms with E-state index >= 15 is 0 Å². The highest BCUT2D eigenvalue weighted by atomic mass is 16.3. The molecule has 2 aromatic heterocycles. The van der Waals surface area contributed by atoms with Crippen LogP contribution in [0, 0.1) is 0 Å². The van der Waals surface area contributed by atoms with Gasteiger partial charge in [-0.25, -0.2) is 4.98 Å². The molecule has 3 nitrogen and oxygen atoms in total. The van der Waals surface area contributed by atoms with Crippen molar-refractivity contribution >= 4 is 65.3 Å². The van der Waals surface area contributed by atoms with E-state index in [2.05, 4.69) is 193 Å². The maximum Gasteiger partial charge on any atom is 0.145 e. The molecule has 0 amide bonds. The summed E-state index contributed by atoms with van der Waals surface area (Å²) >= 11 is 0. The molecule has 0 N–H and O–H groups in total. The molecule has 0 bridgehead atoms. The van der Waals surface area contributed by atoms with Gasteiger partial charge in [0, 0.05) is 27.5 Å². The minimum Gasteiger partial charge on any atom is -0.455 e. The zero-order valence-electron chi connectivity index (χ0n) is 31.3. The molecule has 0 fully saturated rings. The quantitative estimate of drug-likeness (QED) is 0.169. The minimum atomic E-state index is 0.890. The van der Waals surface area contributed by atoms with Crippen LogP contribution in [0.2, 0.25) is 0 Å². The van der Waals surface area contributed by atoms with E-state index < -0.39 is 0 Å². The minimum absolute atomic E-state index is 0.890. The van der Waals surface area contributed by atoms with E-state index in [-0.39, 0.29) is 0 Å². The summed E-state index contributed by atoms with van der Waals surface area (Å²) < 4.78 is 9.10. The number of benzene rings is 10. The van der Waals surface area contributed by atoms with Crippen molar-refractivity contribution in [2.75, 3.05) is 0 Å². The number of nitrogens with zero attached hydrogens (tertiary/aromatic N) is 2. The van der Waals surface area contributed by atoms with Crippen LogP contribution in [0.3, 0.4) is 0 Å². The van der Waals surface area contributed by atoms with E-state index in [1.54, 1.807) is 0 Å². The van der Waals surface area contributed by atoms with E-state index in [0.29, 0.717) is 0 Å². The maximum absolute atomic E-state index is 6.73. The molecule has 58 heavy (non-hydrogen) atoms. The highest BCUT2D eigenvalue weighted by molar-refractivity contribution is 6.26. The van der Waals surface area contributed by atoms with Crippen molar-refractivity contribution in [3.63, 3.8) is 0 Å². The Hall–Kier alpha value is -7.75. The topological polar surface area (TPSA) is 31.0 Å². The lowest BCUT2D eigenvalue weighted by Gasteiger charge is -2.15. The first kappa shape index (κ1) is 31.5. The van der Waals surface area contributed by atoms with Crippen LogP contribution < -0.4 is 0 Å². The molecule has 0 spiro atoms. The Bertz CT molecular complexity index is 3660. The molecule has 12 aromatic rings. The first-order chi connectivity index (χ1) is 28.8. The molecule has 268 valence electrons. The first-order valence-corrected chi connectivity index (χ1v) is 19.9. The van der Waals surface area contributed by atoms with Crippen molar-refractivity contribution in [3.05, 3.63) is 194 Å². The zero-order chi connectivity index (χ0) is 37.9. The van der Waals surface area contributed by atoms with Crippen molar-refractivity contribution in [1.29, 1.82) is 0 Å². The predicted octanol–water partition coefficient (Wildman–Crippen LogP) is 15.0. The fraction of sp³-hybridized carbons (Fsp3) is 0. The Morgan fingerprint density at radius 1 is 0.362 bits per heavy atom. The molecule has 1 aliphatic heterocycles. The van der Waals surface area contributed by atoms with Crippen molar-refractivity contribution in [2.45, 2.75) is 0 Å². The molecule has 0 unspecified atom stereocenters. The smallest absolute Gasteiger partial charge is 0.145 e. The fourth-order valence-electron chi connectivity index (χ4n) is 9.74. The van der Waals surface area contributed by atoms with Crippen LogP contribution in [-0.4, -0.2) is 9.55 Å². The number of fused-ring (bicyclic) bond motifs is 15. The van der Waals surface area contributed by atoms with Crippen LogP contribution in [0.15, 0.2) is 199 Å². The van der Waals surface area contributed by atoms with Crippen molar-refractivity contribution in [2.24, 2.45) is 0 Å². The number of imidazole rings is 1. The second-order valence-electron chi connectivity index (χ2n) is 15.4. The third-order valence-corrected chi connectivity index (χ3v) is 12.3. The summed E-state index contributed by atoms with van der Waals surface area (Å²) in [6.45, 7) is 0. The highest BCUT2D eigenvalue weighted by Gasteiger charge is 2.28. The van der Waals surface area contributed by atoms with E-state index in [0.717, 1.165) is 77.9 Å². The fourth-order valence-corrected chi connectivity index (χ4v) is 9.74. The van der Waals surface area contributed by atoms with Crippen molar-refractivity contribution in [3.8, 4) is 61.6 Å². The number of hydrogen-bond acceptors (Lipinski definition) is 2. The van der Waals surface area contributed by atoms with Crippen molar-refractivity contribution in [1.82, 2.24) is 9.55 Å². The van der Waals surface area contributed by atoms with Gasteiger partial charge in [-0.05, 0) is 108 Å². The second-order valence-corrected chi connectivity index (χ2v) is 15.4. The number of para-hydroxylation sites is 2. The van der Waals surface area contributed by atoms with Gasteiger partial charge in [0.1, 0.15) is 17.0 Å². The molecule has 0 saturated heterocycles. The SMILES string of the molecule is c1cc(-c2cccc(-c3nc4cccc5c4n3-c3ccc4c(oc6ccccc64)c3-c3ccccc3-5)c2)cc(-c2ccc3c4ccccc4c4ccccc4c3c2)c1. The van der Waals surface area contributed by atoms with Gasteiger partial charge in [0.2, 0.25) is 0 Å². The summed E-state index contributed by atoms with van der Waals surface area (Å²) in [5.41, 5.74) is 15.2. The molecular weight excluding hydrogens is 705 g/mol. The summed E-state index contributed by atoms with van der Waals surface area (Å²) in [5.74, 6) is 0.901. The van der Waals surface area contributed by atoms with Gasteiger partial charge in [-0.3, -0.25) is 4.57 Å². The number of hydrogen-bond donors (Lipinski definition) is 0. The van der Waals surface area contributed by atoms with Gasteiger partial charge in [0.25, 0.3) is 0 Å². The Balaban J connectivity index is 0.988. The molecule has 10 aromatic carbocycles. The van der Waals surface area contributed by atoms with Gasteiger partial charge in [0.15, 0.2) is 0 Å². The Morgan fingerprint density at radius 2 is 0.897 bits per heavy atom. The van der Waals surface area contributed by atoms with Crippen LogP contribution in [0.1, 0.15) is 0 Å². The maximum atomic E-state index is 6.73. The molecule has 0 radical (unpaired) electrons. The lowest BCUT2D eigenvalue weighted by atomic mass is 9.91. The molecule has 1 aliphatic rings. The van der Waals surface area contributed by atoms with E-state index in [4.69, 9.17) is 9.40 Å². The molecule has 0 atom stereocenters. The zero-order valence-corrected chi connectivity index (χ0v) is 31.3. The van der Waals surface area contributed by atoms with Crippen LogP contribution in [0.5, 0.6) is 0 Å². The predicted molar refractivity (Wildman–Crippen MR) is 242 cm³/mol. The Morgan fingerprint density at radius 3 is 1.64 bits per heavy atom. The molecule has 13 rings (SSSR count). The summed E-state index contributed by atoms with van der Waals surface area (Å²) in [7, 11) is 0. The first-order valence-electron chi connectivity index (χ1n) is 19.9. The number of aromatic nitrogens is 2. The molecule has 3 heteroatoms. The third kappa shape index (κ3) is 4.41. The Kier molecular flexibility index (Phi) is 6.44. The summed E-state index contributed by atoms with van der Waals surface area (Å²) in [6.07, 6.45) is 0. The lowest BCUT2D eigenvalue weighted by molar-refractivity contribution is 0.670. The van der Waals surface area contributed by atoms with Gasteiger partial charge in [-0.2, -0.15) is 0 Å². The van der Waals surface area contributed by atoms with E-state index in [9.17, 15) is 0 Å². The van der Waals surface area contributed by atoms with E-state index in [1.165, 1.54) is 49.0 Å². The lowest BCUT2D eigenvalue weighted by Crippen LogP contribution is -1.99. The van der Waals surface area contributed by atoms with Crippen LogP contribution in [0.25, 0.3) is 127 Å². The van der Waals surface area contributed by atoms with Crippen LogP contribution in [-0.2, 0) is 0 Å². The second kappa shape index (κ2) is 11.9. The average Bonchev–Trinajstić information content (AvgIpc) is 3.84. The number of furan rings is 1. The Labute approximate surface area is 333 Å². The standard InChI is InChI=1S/C55H32N2O/c1-2-18-40-38(16-1)39-17-3-4-19-41(39)48-32-36(26-27-43(40)48)34-13-9-12-33(30-34)35-14-10-15-37(31-35)55-56-49-24-11-23-46-42-20-5-6-22-45(42)52-50(57(55)53(46)49)29-28-47-44-21-7-8-25-51(44)58-54(47)52/h1-32H. The number of rotatable bonds is 3. The highest BCUT2D eigenvalue weighted by Crippen LogP contribution is 2.49. The molecule has 0 saturated carbocycles. The monoisotopic (exact) mass is 736 g/mol. The normalized spacial score (nSPS) is 12.1. The van der Waals surface area contributed by atoms with Gasteiger partial charge in [-0.1, -0.05) is 152 Å². The third-order valence-electron chi connectivity index (χ3n) is 12.3. The van der Waals surface area contributed by atoms with Crippen LogP contribution in [0.4, 0.5) is 0 Å². The summed E-state index contributed by atoms with van der Waals surface area (Å²) in [5, 5.41) is 9.94. The van der Waals surface area contributed by atoms with Gasteiger partial charge < -0.3 is 4.42 Å². The van der Waals surface area contributed by atoms with Crippen molar-refractivity contribution < 1.29 is 4.42 Å². The largest absolute Gasteiger partial charge is 0.455 e. The van der Waals surface area contributed by atoms with Gasteiger partial charge in [-0.15, -0.1) is 0 Å².